The quantitative estimate of drug-likeness (QED) is 0.430. The largest absolute Gasteiger partial charge is 0.389 e. The van der Waals surface area contributed by atoms with Gasteiger partial charge in [-0.3, -0.25) is 0 Å². The minimum atomic E-state index is -0.508. The van der Waals surface area contributed by atoms with E-state index in [0.29, 0.717) is 18.7 Å². The number of allylic oxidation sites excluding steroid dienone is 1. The lowest BCUT2D eigenvalue weighted by Crippen LogP contribution is -2.31. The fraction of sp³-hybridized carbons (Fsp3) is 0.667. The monoisotopic (exact) mass is 241 g/mol. The molecule has 0 rings (SSSR count). The van der Waals surface area contributed by atoms with E-state index in [0.717, 1.165) is 6.54 Å². The van der Waals surface area contributed by atoms with Crippen LogP contribution in [0.2, 0.25) is 0 Å². The van der Waals surface area contributed by atoms with Gasteiger partial charge in [-0.1, -0.05) is 13.0 Å². The van der Waals surface area contributed by atoms with E-state index < -0.39 is 6.10 Å². The fourth-order valence-corrected chi connectivity index (χ4v) is 1.12. The molecule has 0 aliphatic rings. The van der Waals surface area contributed by atoms with Crippen molar-refractivity contribution in [1.82, 2.24) is 5.32 Å². The molecule has 0 amide bonds. The van der Waals surface area contributed by atoms with Crippen LogP contribution in [-0.4, -0.2) is 48.9 Å². The summed E-state index contributed by atoms with van der Waals surface area (Å²) < 4.78 is 5.40. The van der Waals surface area contributed by atoms with Crippen LogP contribution in [0, 0.1) is 10.8 Å². The first kappa shape index (κ1) is 16.0. The van der Waals surface area contributed by atoms with Crippen molar-refractivity contribution in [2.24, 2.45) is 0 Å². The first-order valence-electron chi connectivity index (χ1n) is 5.85. The normalized spacial score (nSPS) is 14.8. The van der Waals surface area contributed by atoms with Gasteiger partial charge in [-0.15, -0.1) is 0 Å². The van der Waals surface area contributed by atoms with Crippen LogP contribution in [0.15, 0.2) is 12.2 Å². The van der Waals surface area contributed by atoms with Crippen LogP contribution in [0.5, 0.6) is 0 Å². The predicted molar refractivity (Wildman–Crippen MR) is 70.2 cm³/mol. The molecule has 0 saturated carbocycles. The van der Waals surface area contributed by atoms with Gasteiger partial charge in [0, 0.05) is 24.9 Å². The molecule has 0 fully saturated rings. The van der Waals surface area contributed by atoms with E-state index in [-0.39, 0.29) is 12.7 Å². The molecular weight excluding hydrogens is 218 g/mol. The van der Waals surface area contributed by atoms with Gasteiger partial charge in [-0.2, -0.15) is 0 Å². The molecule has 0 saturated heterocycles. The number of hydrogen-bond acceptors (Lipinski definition) is 5. The summed E-state index contributed by atoms with van der Waals surface area (Å²) in [6.45, 7) is 5.46. The van der Waals surface area contributed by atoms with Gasteiger partial charge in [0.25, 0.3) is 0 Å². The van der Waals surface area contributed by atoms with E-state index in [1.807, 2.05) is 13.8 Å². The zero-order valence-electron chi connectivity index (χ0n) is 10.6. The summed E-state index contributed by atoms with van der Waals surface area (Å²) in [6, 6.07) is 0. The Bertz CT molecular complexity index is 254. The van der Waals surface area contributed by atoms with Crippen LogP contribution < -0.4 is 5.32 Å². The average Bonchev–Trinajstić information content (AvgIpc) is 2.31. The highest BCUT2D eigenvalue weighted by molar-refractivity contribution is 6.00. The van der Waals surface area contributed by atoms with Gasteiger partial charge in [0.2, 0.25) is 0 Å². The fourth-order valence-electron chi connectivity index (χ4n) is 1.12. The van der Waals surface area contributed by atoms with Gasteiger partial charge in [0.15, 0.2) is 0 Å². The molecule has 17 heavy (non-hydrogen) atoms. The Morgan fingerprint density at radius 2 is 2.24 bits per heavy atom. The van der Waals surface area contributed by atoms with Gasteiger partial charge in [-0.25, -0.2) is 0 Å². The SMILES string of the molecule is CCNCC(O)COC(C)/C=C\C(=N)CC=N. The molecule has 0 aromatic heterocycles. The van der Waals surface area contributed by atoms with E-state index in [2.05, 4.69) is 5.32 Å². The van der Waals surface area contributed by atoms with Crippen molar-refractivity contribution >= 4 is 11.9 Å². The molecule has 0 radical (unpaired) electrons. The lowest BCUT2D eigenvalue weighted by molar-refractivity contribution is 0.0172. The molecule has 4 N–H and O–H groups in total. The molecule has 0 aliphatic carbocycles. The Balaban J connectivity index is 3.74. The number of nitrogens with one attached hydrogen (secondary N) is 3. The zero-order valence-corrected chi connectivity index (χ0v) is 10.6. The third kappa shape index (κ3) is 9.86. The summed E-state index contributed by atoms with van der Waals surface area (Å²) in [5.74, 6) is 0. The second kappa shape index (κ2) is 10.1. The van der Waals surface area contributed by atoms with Crippen LogP contribution in [0.1, 0.15) is 20.3 Å². The molecule has 5 nitrogen and oxygen atoms in total. The van der Waals surface area contributed by atoms with Crippen LogP contribution in [0.25, 0.3) is 0 Å². The molecule has 98 valence electrons. The zero-order chi connectivity index (χ0) is 13.1. The molecule has 0 bridgehead atoms. The van der Waals surface area contributed by atoms with Crippen LogP contribution in [0.3, 0.4) is 0 Å². The van der Waals surface area contributed by atoms with E-state index >= 15 is 0 Å². The summed E-state index contributed by atoms with van der Waals surface area (Å²) in [5, 5.41) is 26.8. The maximum atomic E-state index is 9.51. The third-order valence-corrected chi connectivity index (χ3v) is 2.07. The lowest BCUT2D eigenvalue weighted by Gasteiger charge is -2.14. The number of aliphatic hydroxyl groups excluding tert-OH is 1. The van der Waals surface area contributed by atoms with E-state index in [4.69, 9.17) is 15.6 Å². The summed E-state index contributed by atoms with van der Waals surface area (Å²) in [7, 11) is 0. The summed E-state index contributed by atoms with van der Waals surface area (Å²) >= 11 is 0. The molecule has 2 atom stereocenters. The van der Waals surface area contributed by atoms with Crippen molar-refractivity contribution in [2.45, 2.75) is 32.5 Å². The second-order valence-electron chi connectivity index (χ2n) is 3.79. The number of ether oxygens (including phenoxy) is 1. The first-order valence-corrected chi connectivity index (χ1v) is 5.85. The number of likely N-dealkylation sites (N-methyl/N-ethyl adjacent to an activating group) is 1. The molecule has 0 spiro atoms. The highest BCUT2D eigenvalue weighted by Crippen LogP contribution is 1.96. The van der Waals surface area contributed by atoms with Crippen molar-refractivity contribution in [3.8, 4) is 0 Å². The topological polar surface area (TPSA) is 89.2 Å². The van der Waals surface area contributed by atoms with Gasteiger partial charge in [0.1, 0.15) is 0 Å². The Labute approximate surface area is 103 Å². The Hall–Kier alpha value is -1.04. The van der Waals surface area contributed by atoms with Crippen LogP contribution in [0.4, 0.5) is 0 Å². The van der Waals surface area contributed by atoms with Crippen molar-refractivity contribution in [1.29, 1.82) is 10.8 Å². The molecule has 0 aromatic rings. The summed E-state index contributed by atoms with van der Waals surface area (Å²) in [5.41, 5.74) is 0.378. The Morgan fingerprint density at radius 3 is 2.82 bits per heavy atom. The van der Waals surface area contributed by atoms with Crippen molar-refractivity contribution in [3.63, 3.8) is 0 Å². The highest BCUT2D eigenvalue weighted by Gasteiger charge is 2.05. The second-order valence-corrected chi connectivity index (χ2v) is 3.79. The highest BCUT2D eigenvalue weighted by atomic mass is 16.5. The lowest BCUT2D eigenvalue weighted by atomic mass is 10.2. The number of rotatable bonds is 10. The molecule has 0 aromatic carbocycles. The van der Waals surface area contributed by atoms with Crippen molar-refractivity contribution in [3.05, 3.63) is 12.2 Å². The van der Waals surface area contributed by atoms with Gasteiger partial charge in [-0.05, 0) is 19.5 Å². The van der Waals surface area contributed by atoms with E-state index in [9.17, 15) is 5.11 Å². The Morgan fingerprint density at radius 1 is 1.53 bits per heavy atom. The first-order chi connectivity index (χ1) is 8.10. The minimum absolute atomic E-state index is 0.141. The van der Waals surface area contributed by atoms with Gasteiger partial charge >= 0.3 is 0 Å². The number of hydrogen-bond donors (Lipinski definition) is 4. The van der Waals surface area contributed by atoms with Gasteiger partial charge in [0.05, 0.1) is 18.8 Å². The van der Waals surface area contributed by atoms with Crippen LogP contribution >= 0.6 is 0 Å². The number of aliphatic hydroxyl groups is 1. The predicted octanol–water partition coefficient (Wildman–Crippen LogP) is 0.978. The van der Waals surface area contributed by atoms with Crippen LogP contribution in [-0.2, 0) is 4.74 Å². The maximum Gasteiger partial charge on any atom is 0.0897 e. The Kier molecular flexibility index (Phi) is 9.52. The van der Waals surface area contributed by atoms with E-state index in [1.54, 1.807) is 12.2 Å². The molecule has 0 aliphatic heterocycles. The maximum absolute atomic E-state index is 9.51. The minimum Gasteiger partial charge on any atom is -0.389 e. The van der Waals surface area contributed by atoms with Crippen molar-refractivity contribution < 1.29 is 9.84 Å². The molecule has 2 unspecified atom stereocenters. The molecule has 0 heterocycles. The molecular formula is C12H23N3O2. The summed E-state index contributed by atoms with van der Waals surface area (Å²) in [4.78, 5) is 0. The summed E-state index contributed by atoms with van der Waals surface area (Å²) in [6.07, 6.45) is 4.27. The van der Waals surface area contributed by atoms with Gasteiger partial charge < -0.3 is 26.0 Å². The average molecular weight is 241 g/mol. The standard InChI is InChI=1S/C12H23N3O2/c1-3-15-8-12(16)9-17-10(2)4-5-11(14)6-7-13/h4-5,7,10,12-16H,3,6,8-9H2,1-2H3/b5-4-,13-7?,14-11?. The molecule has 5 heteroatoms. The third-order valence-electron chi connectivity index (χ3n) is 2.07. The van der Waals surface area contributed by atoms with E-state index in [1.165, 1.54) is 6.21 Å². The van der Waals surface area contributed by atoms with Crippen molar-refractivity contribution in [2.75, 3.05) is 19.7 Å². The smallest absolute Gasteiger partial charge is 0.0897 e.